The maximum Gasteiger partial charge on any atom is 0.0432 e. The van der Waals surface area contributed by atoms with Crippen LogP contribution in [0.1, 0.15) is 17.9 Å². The second kappa shape index (κ2) is 2.57. The first kappa shape index (κ1) is 8.58. The van der Waals surface area contributed by atoms with Gasteiger partial charge in [0, 0.05) is 10.2 Å². The molecule has 76 valence electrons. The Kier molecular flexibility index (Phi) is 1.47. The van der Waals surface area contributed by atoms with Crippen molar-refractivity contribution in [2.75, 3.05) is 0 Å². The first-order valence-corrected chi connectivity index (χ1v) is 6.53. The third-order valence-electron chi connectivity index (χ3n) is 4.54. The summed E-state index contributed by atoms with van der Waals surface area (Å²) in [6.45, 7) is 0. The van der Waals surface area contributed by atoms with Crippen molar-refractivity contribution in [3.05, 3.63) is 48.0 Å². The highest BCUT2D eigenvalue weighted by atomic mass is 79.9. The molecule has 1 aromatic carbocycles. The summed E-state index contributed by atoms with van der Waals surface area (Å²) in [5, 5.41) is 0. The smallest absolute Gasteiger partial charge is 0.0432 e. The SMILES string of the molecule is Br[C@@]12[C@@H]([C@@H]3C=C[C@H]1C3)[C@@H]2c1ccccc1. The molecule has 4 rings (SSSR count). The lowest BCUT2D eigenvalue weighted by atomic mass is 9.96. The zero-order chi connectivity index (χ0) is 10.0. The van der Waals surface area contributed by atoms with E-state index in [0.717, 1.165) is 23.7 Å². The van der Waals surface area contributed by atoms with Crippen molar-refractivity contribution in [2.45, 2.75) is 16.7 Å². The Morgan fingerprint density at radius 1 is 1.13 bits per heavy atom. The van der Waals surface area contributed by atoms with Crippen molar-refractivity contribution >= 4 is 15.9 Å². The van der Waals surface area contributed by atoms with Crippen molar-refractivity contribution in [3.8, 4) is 0 Å². The first-order chi connectivity index (χ1) is 7.32. The molecule has 5 atom stereocenters. The van der Waals surface area contributed by atoms with E-state index in [-0.39, 0.29) is 0 Å². The topological polar surface area (TPSA) is 0 Å². The van der Waals surface area contributed by atoms with E-state index in [1.165, 1.54) is 12.0 Å². The maximum absolute atomic E-state index is 4.03. The molecule has 3 aliphatic rings. The highest BCUT2D eigenvalue weighted by molar-refractivity contribution is 9.10. The van der Waals surface area contributed by atoms with Crippen molar-refractivity contribution in [1.29, 1.82) is 0 Å². The Bertz CT molecular complexity index is 436. The number of fused-ring (bicyclic) bond motifs is 5. The zero-order valence-electron chi connectivity index (χ0n) is 8.44. The molecule has 2 bridgehead atoms. The summed E-state index contributed by atoms with van der Waals surface area (Å²) in [4.78, 5) is 0. The second-order valence-electron chi connectivity index (χ2n) is 5.13. The average molecular weight is 261 g/mol. The Morgan fingerprint density at radius 3 is 2.60 bits per heavy atom. The van der Waals surface area contributed by atoms with Gasteiger partial charge in [-0.15, -0.1) is 0 Å². The first-order valence-electron chi connectivity index (χ1n) is 5.74. The number of hydrogen-bond acceptors (Lipinski definition) is 0. The average Bonchev–Trinajstić information content (AvgIpc) is 2.62. The summed E-state index contributed by atoms with van der Waals surface area (Å²) in [5.74, 6) is 3.27. The number of rotatable bonds is 1. The summed E-state index contributed by atoms with van der Waals surface area (Å²) in [5.41, 5.74) is 1.53. The van der Waals surface area contributed by atoms with E-state index in [9.17, 15) is 0 Å². The molecular formula is C14H13Br. The molecule has 0 spiro atoms. The van der Waals surface area contributed by atoms with Crippen LogP contribution in [0.15, 0.2) is 42.5 Å². The van der Waals surface area contributed by atoms with E-state index >= 15 is 0 Å². The molecule has 0 unspecified atom stereocenters. The van der Waals surface area contributed by atoms with Crippen LogP contribution in [-0.4, -0.2) is 4.32 Å². The van der Waals surface area contributed by atoms with Crippen LogP contribution >= 0.6 is 15.9 Å². The van der Waals surface area contributed by atoms with E-state index < -0.39 is 0 Å². The van der Waals surface area contributed by atoms with Gasteiger partial charge >= 0.3 is 0 Å². The summed E-state index contributed by atoms with van der Waals surface area (Å²) in [6, 6.07) is 11.0. The molecule has 3 aliphatic carbocycles. The molecule has 1 aromatic rings. The molecule has 1 heteroatoms. The van der Waals surface area contributed by atoms with E-state index in [1.807, 2.05) is 0 Å². The molecule has 0 N–H and O–H groups in total. The van der Waals surface area contributed by atoms with Crippen LogP contribution in [0.2, 0.25) is 0 Å². The van der Waals surface area contributed by atoms with E-state index in [1.54, 1.807) is 0 Å². The maximum atomic E-state index is 4.03. The minimum Gasteiger partial charge on any atom is -0.0847 e. The van der Waals surface area contributed by atoms with Gasteiger partial charge in [-0.3, -0.25) is 0 Å². The molecule has 15 heavy (non-hydrogen) atoms. The van der Waals surface area contributed by atoms with Gasteiger partial charge in [0.25, 0.3) is 0 Å². The molecule has 2 fully saturated rings. The number of hydrogen-bond donors (Lipinski definition) is 0. The molecule has 0 saturated heterocycles. The normalized spacial score (nSPS) is 49.4. The van der Waals surface area contributed by atoms with Gasteiger partial charge in [0.1, 0.15) is 0 Å². The van der Waals surface area contributed by atoms with E-state index in [0.29, 0.717) is 4.32 Å². The molecule has 0 heterocycles. The molecule has 0 aromatic heterocycles. The summed E-state index contributed by atoms with van der Waals surface area (Å²) in [7, 11) is 0. The fourth-order valence-corrected chi connectivity index (χ4v) is 5.26. The minimum absolute atomic E-state index is 0.424. The van der Waals surface area contributed by atoms with Crippen LogP contribution in [0.4, 0.5) is 0 Å². The van der Waals surface area contributed by atoms with Crippen molar-refractivity contribution < 1.29 is 0 Å². The van der Waals surface area contributed by atoms with Crippen LogP contribution in [0.5, 0.6) is 0 Å². The van der Waals surface area contributed by atoms with Gasteiger partial charge in [0.2, 0.25) is 0 Å². The Morgan fingerprint density at radius 2 is 1.93 bits per heavy atom. The largest absolute Gasteiger partial charge is 0.0847 e. The zero-order valence-corrected chi connectivity index (χ0v) is 10.0. The lowest BCUT2D eigenvalue weighted by molar-refractivity contribution is 0.552. The Balaban J connectivity index is 1.75. The predicted molar refractivity (Wildman–Crippen MR) is 65.1 cm³/mol. The Hall–Kier alpha value is -0.560. The van der Waals surface area contributed by atoms with Crippen molar-refractivity contribution in [3.63, 3.8) is 0 Å². The highest BCUT2D eigenvalue weighted by Crippen LogP contribution is 2.77. The number of halogens is 1. The quantitative estimate of drug-likeness (QED) is 0.533. The lowest BCUT2D eigenvalue weighted by Gasteiger charge is -2.14. The van der Waals surface area contributed by atoms with Gasteiger partial charge in [-0.25, -0.2) is 0 Å². The molecule has 2 saturated carbocycles. The summed E-state index contributed by atoms with van der Waals surface area (Å²) in [6.07, 6.45) is 6.26. The highest BCUT2D eigenvalue weighted by Gasteiger charge is 2.74. The van der Waals surface area contributed by atoms with E-state index in [2.05, 4.69) is 58.4 Å². The standard InChI is InChI=1S/C14H13Br/c15-14-11-7-6-10(8-11)13(14)12(14)9-4-2-1-3-5-9/h1-7,10-13H,8H2/t10-,11+,12+,13+,14+/m1/s1. The van der Waals surface area contributed by atoms with Crippen LogP contribution < -0.4 is 0 Å². The van der Waals surface area contributed by atoms with Gasteiger partial charge in [0.05, 0.1) is 0 Å². The number of benzene rings is 1. The van der Waals surface area contributed by atoms with Gasteiger partial charge < -0.3 is 0 Å². The second-order valence-corrected chi connectivity index (χ2v) is 6.51. The van der Waals surface area contributed by atoms with Gasteiger partial charge in [-0.05, 0) is 29.7 Å². The molecular weight excluding hydrogens is 248 g/mol. The fourth-order valence-electron chi connectivity index (χ4n) is 3.90. The van der Waals surface area contributed by atoms with Crippen LogP contribution in [0, 0.1) is 17.8 Å². The molecule has 0 amide bonds. The van der Waals surface area contributed by atoms with Crippen molar-refractivity contribution in [1.82, 2.24) is 0 Å². The van der Waals surface area contributed by atoms with Crippen LogP contribution in [0.3, 0.4) is 0 Å². The summed E-state index contributed by atoms with van der Waals surface area (Å²) < 4.78 is 0.424. The van der Waals surface area contributed by atoms with Gasteiger partial charge in [0.15, 0.2) is 0 Å². The third kappa shape index (κ3) is 0.891. The molecule has 0 nitrogen and oxygen atoms in total. The fraction of sp³-hybridized carbons (Fsp3) is 0.429. The van der Waals surface area contributed by atoms with Crippen molar-refractivity contribution in [2.24, 2.45) is 17.8 Å². The lowest BCUT2D eigenvalue weighted by Crippen LogP contribution is -2.11. The molecule has 0 radical (unpaired) electrons. The number of allylic oxidation sites excluding steroid dienone is 2. The summed E-state index contributed by atoms with van der Waals surface area (Å²) >= 11 is 4.03. The van der Waals surface area contributed by atoms with Crippen LogP contribution in [0.25, 0.3) is 0 Å². The minimum atomic E-state index is 0.424. The predicted octanol–water partition coefficient (Wildman–Crippen LogP) is 3.74. The monoisotopic (exact) mass is 260 g/mol. The van der Waals surface area contributed by atoms with Gasteiger partial charge in [-0.2, -0.15) is 0 Å². The third-order valence-corrected chi connectivity index (χ3v) is 6.15. The van der Waals surface area contributed by atoms with E-state index in [4.69, 9.17) is 0 Å². The number of alkyl halides is 1. The van der Waals surface area contributed by atoms with Crippen LogP contribution in [-0.2, 0) is 0 Å². The Labute approximate surface area is 98.5 Å². The van der Waals surface area contributed by atoms with Gasteiger partial charge in [-0.1, -0.05) is 58.4 Å². The molecule has 0 aliphatic heterocycles.